The summed E-state index contributed by atoms with van der Waals surface area (Å²) in [6.45, 7) is 5.59. The molecule has 1 heterocycles. The molecule has 94 valence electrons. The summed E-state index contributed by atoms with van der Waals surface area (Å²) in [7, 11) is 2.06. The number of hydrogen-bond acceptors (Lipinski definition) is 3. The molecule has 0 radical (unpaired) electrons. The highest BCUT2D eigenvalue weighted by Gasteiger charge is 2.18. The van der Waals surface area contributed by atoms with Crippen molar-refractivity contribution in [3.63, 3.8) is 0 Å². The molecule has 1 aliphatic heterocycles. The standard InChI is InChI=1S/C12H25N3O/c1-3-7-14-12(16)10-15(2)11-5-4-8-13-9-6-11/h11,13H,3-10H2,1-2H3,(H,14,16). The van der Waals surface area contributed by atoms with E-state index in [4.69, 9.17) is 0 Å². The fourth-order valence-electron chi connectivity index (χ4n) is 2.12. The van der Waals surface area contributed by atoms with E-state index in [-0.39, 0.29) is 5.91 Å². The average Bonchev–Trinajstić information content (AvgIpc) is 2.54. The topological polar surface area (TPSA) is 44.4 Å². The Hall–Kier alpha value is -0.610. The van der Waals surface area contributed by atoms with Crippen LogP contribution in [-0.4, -0.2) is 50.1 Å². The highest BCUT2D eigenvalue weighted by molar-refractivity contribution is 5.77. The maximum atomic E-state index is 11.6. The molecule has 1 aliphatic rings. The van der Waals surface area contributed by atoms with Gasteiger partial charge in [-0.2, -0.15) is 0 Å². The maximum Gasteiger partial charge on any atom is 0.234 e. The maximum absolute atomic E-state index is 11.6. The van der Waals surface area contributed by atoms with E-state index in [1.54, 1.807) is 0 Å². The quantitative estimate of drug-likeness (QED) is 0.722. The van der Waals surface area contributed by atoms with Gasteiger partial charge in [-0.3, -0.25) is 9.69 Å². The minimum atomic E-state index is 0.154. The summed E-state index contributed by atoms with van der Waals surface area (Å²) in [6.07, 6.45) is 4.57. The zero-order valence-electron chi connectivity index (χ0n) is 10.6. The van der Waals surface area contributed by atoms with Crippen LogP contribution in [0.4, 0.5) is 0 Å². The Kier molecular flexibility index (Phi) is 6.42. The first-order chi connectivity index (χ1) is 7.74. The molecule has 1 unspecified atom stereocenters. The van der Waals surface area contributed by atoms with Crippen molar-refractivity contribution in [2.24, 2.45) is 0 Å². The molecule has 1 rings (SSSR count). The Morgan fingerprint density at radius 1 is 1.44 bits per heavy atom. The van der Waals surface area contributed by atoms with E-state index >= 15 is 0 Å². The van der Waals surface area contributed by atoms with Crippen molar-refractivity contribution in [2.75, 3.05) is 33.2 Å². The van der Waals surface area contributed by atoms with Crippen LogP contribution in [0.2, 0.25) is 0 Å². The third-order valence-corrected chi connectivity index (χ3v) is 3.13. The summed E-state index contributed by atoms with van der Waals surface area (Å²) in [4.78, 5) is 13.8. The molecule has 16 heavy (non-hydrogen) atoms. The zero-order chi connectivity index (χ0) is 11.8. The van der Waals surface area contributed by atoms with Crippen molar-refractivity contribution in [3.8, 4) is 0 Å². The summed E-state index contributed by atoms with van der Waals surface area (Å²) in [6, 6.07) is 0.558. The number of carbonyl (C=O) groups excluding carboxylic acids is 1. The van der Waals surface area contributed by atoms with Gasteiger partial charge in [-0.1, -0.05) is 6.92 Å². The molecule has 1 fully saturated rings. The summed E-state index contributed by atoms with van der Waals surface area (Å²) < 4.78 is 0. The van der Waals surface area contributed by atoms with Crippen LogP contribution in [0.1, 0.15) is 32.6 Å². The van der Waals surface area contributed by atoms with Gasteiger partial charge < -0.3 is 10.6 Å². The lowest BCUT2D eigenvalue weighted by Gasteiger charge is -2.26. The Morgan fingerprint density at radius 2 is 2.25 bits per heavy atom. The third-order valence-electron chi connectivity index (χ3n) is 3.13. The van der Waals surface area contributed by atoms with Crippen LogP contribution < -0.4 is 10.6 Å². The van der Waals surface area contributed by atoms with Gasteiger partial charge in [0.15, 0.2) is 0 Å². The van der Waals surface area contributed by atoms with Crippen LogP contribution in [0.15, 0.2) is 0 Å². The van der Waals surface area contributed by atoms with E-state index in [1.165, 1.54) is 12.8 Å². The molecule has 0 aliphatic carbocycles. The summed E-state index contributed by atoms with van der Waals surface area (Å²) in [5.74, 6) is 0.154. The van der Waals surface area contributed by atoms with Crippen LogP contribution in [0.25, 0.3) is 0 Å². The molecule has 0 aromatic carbocycles. The molecule has 0 bridgehead atoms. The third kappa shape index (κ3) is 4.94. The number of amides is 1. The van der Waals surface area contributed by atoms with Crippen LogP contribution >= 0.6 is 0 Å². The van der Waals surface area contributed by atoms with Gasteiger partial charge in [0.25, 0.3) is 0 Å². The SMILES string of the molecule is CCCNC(=O)CN(C)C1CCCNCC1. The van der Waals surface area contributed by atoms with Crippen molar-refractivity contribution in [1.82, 2.24) is 15.5 Å². The van der Waals surface area contributed by atoms with E-state index in [0.717, 1.165) is 32.5 Å². The number of nitrogens with zero attached hydrogens (tertiary/aromatic N) is 1. The molecule has 1 saturated heterocycles. The van der Waals surface area contributed by atoms with Gasteiger partial charge in [0.05, 0.1) is 6.54 Å². The highest BCUT2D eigenvalue weighted by Crippen LogP contribution is 2.11. The smallest absolute Gasteiger partial charge is 0.234 e. The van der Waals surface area contributed by atoms with Gasteiger partial charge in [0.2, 0.25) is 5.91 Å². The normalized spacial score (nSPS) is 21.8. The molecule has 0 aromatic heterocycles. The fraction of sp³-hybridized carbons (Fsp3) is 0.917. The van der Waals surface area contributed by atoms with Crippen molar-refractivity contribution in [3.05, 3.63) is 0 Å². The minimum absolute atomic E-state index is 0.154. The Balaban J connectivity index is 2.26. The van der Waals surface area contributed by atoms with Crippen LogP contribution in [0.3, 0.4) is 0 Å². The Labute approximate surface area is 98.8 Å². The number of hydrogen-bond donors (Lipinski definition) is 2. The van der Waals surface area contributed by atoms with Gasteiger partial charge in [-0.05, 0) is 45.8 Å². The van der Waals surface area contributed by atoms with E-state index < -0.39 is 0 Å². The average molecular weight is 227 g/mol. The van der Waals surface area contributed by atoms with Gasteiger partial charge in [-0.25, -0.2) is 0 Å². The number of nitrogens with one attached hydrogen (secondary N) is 2. The van der Waals surface area contributed by atoms with E-state index in [9.17, 15) is 4.79 Å². The summed E-state index contributed by atoms with van der Waals surface area (Å²) in [5, 5.41) is 6.31. The monoisotopic (exact) mass is 227 g/mol. The molecule has 1 amide bonds. The lowest BCUT2D eigenvalue weighted by molar-refractivity contribution is -0.122. The predicted molar refractivity (Wildman–Crippen MR) is 66.4 cm³/mol. The molecule has 1 atom stereocenters. The van der Waals surface area contributed by atoms with Crippen molar-refractivity contribution in [2.45, 2.75) is 38.6 Å². The summed E-state index contributed by atoms with van der Waals surface area (Å²) in [5.41, 5.74) is 0. The fourth-order valence-corrected chi connectivity index (χ4v) is 2.12. The zero-order valence-corrected chi connectivity index (χ0v) is 10.6. The van der Waals surface area contributed by atoms with Gasteiger partial charge in [-0.15, -0.1) is 0 Å². The second-order valence-corrected chi connectivity index (χ2v) is 4.60. The molecule has 0 saturated carbocycles. The minimum Gasteiger partial charge on any atom is -0.355 e. The lowest BCUT2D eigenvalue weighted by atomic mass is 10.1. The first-order valence-corrected chi connectivity index (χ1v) is 6.41. The Bertz CT molecular complexity index is 200. The van der Waals surface area contributed by atoms with Gasteiger partial charge in [0, 0.05) is 12.6 Å². The molecule has 0 aromatic rings. The van der Waals surface area contributed by atoms with Crippen molar-refractivity contribution in [1.29, 1.82) is 0 Å². The van der Waals surface area contributed by atoms with Crippen LogP contribution in [0, 0.1) is 0 Å². The second-order valence-electron chi connectivity index (χ2n) is 4.60. The number of rotatable bonds is 5. The number of carbonyl (C=O) groups is 1. The van der Waals surface area contributed by atoms with Gasteiger partial charge >= 0.3 is 0 Å². The van der Waals surface area contributed by atoms with Crippen molar-refractivity contribution >= 4 is 5.91 Å². The molecule has 4 nitrogen and oxygen atoms in total. The van der Waals surface area contributed by atoms with Crippen LogP contribution in [-0.2, 0) is 4.79 Å². The largest absolute Gasteiger partial charge is 0.355 e. The number of likely N-dealkylation sites (N-methyl/N-ethyl adjacent to an activating group) is 1. The van der Waals surface area contributed by atoms with E-state index in [1.807, 2.05) is 0 Å². The van der Waals surface area contributed by atoms with Crippen molar-refractivity contribution < 1.29 is 4.79 Å². The molecular weight excluding hydrogens is 202 g/mol. The summed E-state index contributed by atoms with van der Waals surface area (Å²) >= 11 is 0. The lowest BCUT2D eigenvalue weighted by Crippen LogP contribution is -2.41. The Morgan fingerprint density at radius 3 is 3.00 bits per heavy atom. The van der Waals surface area contributed by atoms with E-state index in [2.05, 4.69) is 29.5 Å². The van der Waals surface area contributed by atoms with Crippen LogP contribution in [0.5, 0.6) is 0 Å². The molecule has 4 heteroatoms. The predicted octanol–water partition coefficient (Wildman–Crippen LogP) is 0.587. The molecular formula is C12H25N3O. The molecule has 0 spiro atoms. The first kappa shape index (κ1) is 13.5. The second kappa shape index (κ2) is 7.63. The van der Waals surface area contributed by atoms with E-state index in [0.29, 0.717) is 12.6 Å². The molecule has 2 N–H and O–H groups in total. The van der Waals surface area contributed by atoms with Gasteiger partial charge in [0.1, 0.15) is 0 Å². The first-order valence-electron chi connectivity index (χ1n) is 6.41. The highest BCUT2D eigenvalue weighted by atomic mass is 16.2.